The molecule has 0 spiro atoms. The first kappa shape index (κ1) is 15.5. The quantitative estimate of drug-likeness (QED) is 0.863. The number of carbonyl (C=O) groups excluding carboxylic acids is 2. The van der Waals surface area contributed by atoms with Gasteiger partial charge in [-0.05, 0) is 57.1 Å². The molecule has 5 heteroatoms. The average molecular weight is 290 g/mol. The largest absolute Gasteiger partial charge is 0.465 e. The molecule has 1 amide bonds. The van der Waals surface area contributed by atoms with Crippen LogP contribution in [0.25, 0.3) is 0 Å². The Morgan fingerprint density at radius 1 is 1.33 bits per heavy atom. The number of likely N-dealkylation sites (tertiary alicyclic amines) is 1. The van der Waals surface area contributed by atoms with Crippen LogP contribution in [0.4, 0.5) is 5.69 Å². The minimum Gasteiger partial charge on any atom is -0.465 e. The van der Waals surface area contributed by atoms with E-state index in [1.54, 1.807) is 24.3 Å². The first-order valence-corrected chi connectivity index (χ1v) is 7.25. The van der Waals surface area contributed by atoms with E-state index < -0.39 is 5.97 Å². The fourth-order valence-electron chi connectivity index (χ4n) is 2.58. The van der Waals surface area contributed by atoms with Crippen molar-refractivity contribution in [2.75, 3.05) is 32.6 Å². The lowest BCUT2D eigenvalue weighted by Gasteiger charge is -2.28. The van der Waals surface area contributed by atoms with Crippen LogP contribution in [0.5, 0.6) is 0 Å². The van der Waals surface area contributed by atoms with Gasteiger partial charge in [0.05, 0.1) is 12.7 Å². The molecule has 21 heavy (non-hydrogen) atoms. The summed E-state index contributed by atoms with van der Waals surface area (Å²) in [4.78, 5) is 25.8. The number of rotatable bonds is 4. The van der Waals surface area contributed by atoms with Gasteiger partial charge in [0.15, 0.2) is 0 Å². The lowest BCUT2D eigenvalue weighted by molar-refractivity contribution is -0.117. The molecule has 1 N–H and O–H groups in total. The monoisotopic (exact) mass is 290 g/mol. The van der Waals surface area contributed by atoms with Gasteiger partial charge in [0.1, 0.15) is 0 Å². The molecule has 0 saturated carbocycles. The zero-order chi connectivity index (χ0) is 15.2. The summed E-state index contributed by atoms with van der Waals surface area (Å²) in [6, 6.07) is 6.81. The lowest BCUT2D eigenvalue weighted by atomic mass is 9.93. The van der Waals surface area contributed by atoms with Crippen LogP contribution in [0.3, 0.4) is 0 Å². The first-order chi connectivity index (χ1) is 10.1. The molecule has 5 nitrogen and oxygen atoms in total. The highest BCUT2D eigenvalue weighted by atomic mass is 16.5. The number of anilines is 1. The molecular formula is C16H22N2O3. The Morgan fingerprint density at radius 2 is 2.05 bits per heavy atom. The number of benzene rings is 1. The van der Waals surface area contributed by atoms with E-state index >= 15 is 0 Å². The summed E-state index contributed by atoms with van der Waals surface area (Å²) in [6.45, 7) is 2.10. The van der Waals surface area contributed by atoms with Gasteiger partial charge in [-0.2, -0.15) is 0 Å². The Hall–Kier alpha value is -1.88. The Morgan fingerprint density at radius 3 is 2.71 bits per heavy atom. The summed E-state index contributed by atoms with van der Waals surface area (Å²) in [5.74, 6) is 0.0537. The molecule has 0 aromatic heterocycles. The highest BCUT2D eigenvalue weighted by Gasteiger charge is 2.19. The van der Waals surface area contributed by atoms with Gasteiger partial charge in [0, 0.05) is 12.1 Å². The highest BCUT2D eigenvalue weighted by Crippen LogP contribution is 2.20. The zero-order valence-electron chi connectivity index (χ0n) is 12.6. The lowest BCUT2D eigenvalue weighted by Crippen LogP contribution is -2.31. The number of carbonyl (C=O) groups is 2. The second kappa shape index (κ2) is 7.22. The second-order valence-corrected chi connectivity index (χ2v) is 5.57. The van der Waals surface area contributed by atoms with Crippen molar-refractivity contribution in [2.24, 2.45) is 5.92 Å². The fraction of sp³-hybridized carbons (Fsp3) is 0.500. The maximum atomic E-state index is 12.1. The van der Waals surface area contributed by atoms with E-state index in [0.717, 1.165) is 25.9 Å². The molecule has 1 aliphatic rings. The van der Waals surface area contributed by atoms with Gasteiger partial charge in [-0.1, -0.05) is 6.07 Å². The summed E-state index contributed by atoms with van der Waals surface area (Å²) < 4.78 is 4.67. The molecule has 1 fully saturated rings. The second-order valence-electron chi connectivity index (χ2n) is 5.57. The van der Waals surface area contributed by atoms with Gasteiger partial charge in [0.2, 0.25) is 5.91 Å². The third kappa shape index (κ3) is 4.56. The fourth-order valence-corrected chi connectivity index (χ4v) is 2.58. The van der Waals surface area contributed by atoms with Crippen molar-refractivity contribution in [2.45, 2.75) is 19.3 Å². The van der Waals surface area contributed by atoms with E-state index in [9.17, 15) is 9.59 Å². The molecule has 0 bridgehead atoms. The van der Waals surface area contributed by atoms with Crippen LogP contribution < -0.4 is 5.32 Å². The SMILES string of the molecule is COC(=O)c1cccc(NC(=O)CC2CCN(C)CC2)c1. The molecular weight excluding hydrogens is 268 g/mol. The van der Waals surface area contributed by atoms with Gasteiger partial charge >= 0.3 is 5.97 Å². The molecule has 114 valence electrons. The number of ether oxygens (including phenoxy) is 1. The smallest absolute Gasteiger partial charge is 0.337 e. The van der Waals surface area contributed by atoms with Gasteiger partial charge in [-0.15, -0.1) is 0 Å². The molecule has 0 atom stereocenters. The van der Waals surface area contributed by atoms with Crippen molar-refractivity contribution in [1.82, 2.24) is 4.90 Å². The van der Waals surface area contributed by atoms with E-state index in [1.807, 2.05) is 0 Å². The number of amides is 1. The van der Waals surface area contributed by atoms with E-state index in [-0.39, 0.29) is 5.91 Å². The van der Waals surface area contributed by atoms with E-state index in [0.29, 0.717) is 23.6 Å². The predicted octanol–water partition coefficient (Wildman–Crippen LogP) is 2.14. The van der Waals surface area contributed by atoms with Crippen LogP contribution in [0.2, 0.25) is 0 Å². The summed E-state index contributed by atoms with van der Waals surface area (Å²) in [6.07, 6.45) is 2.66. The van der Waals surface area contributed by atoms with Crippen LogP contribution in [0, 0.1) is 5.92 Å². The number of methoxy groups -OCH3 is 1. The summed E-state index contributed by atoms with van der Waals surface area (Å²) >= 11 is 0. The average Bonchev–Trinajstić information content (AvgIpc) is 2.49. The highest BCUT2D eigenvalue weighted by molar-refractivity contribution is 5.94. The molecule has 1 heterocycles. The Bertz CT molecular complexity index is 508. The topological polar surface area (TPSA) is 58.6 Å². The summed E-state index contributed by atoms with van der Waals surface area (Å²) in [5.41, 5.74) is 1.07. The number of nitrogens with one attached hydrogen (secondary N) is 1. The maximum Gasteiger partial charge on any atom is 0.337 e. The Labute approximate surface area is 125 Å². The van der Waals surface area contributed by atoms with Crippen molar-refractivity contribution in [3.63, 3.8) is 0 Å². The van der Waals surface area contributed by atoms with Gasteiger partial charge in [-0.3, -0.25) is 4.79 Å². The van der Waals surface area contributed by atoms with Crippen molar-refractivity contribution in [3.8, 4) is 0 Å². The predicted molar refractivity (Wildman–Crippen MR) is 81.2 cm³/mol. The van der Waals surface area contributed by atoms with Crippen molar-refractivity contribution in [1.29, 1.82) is 0 Å². The molecule has 1 aromatic carbocycles. The normalized spacial score (nSPS) is 16.5. The Kier molecular flexibility index (Phi) is 5.33. The molecule has 0 aliphatic carbocycles. The van der Waals surface area contributed by atoms with E-state index in [4.69, 9.17) is 0 Å². The van der Waals surface area contributed by atoms with Crippen molar-refractivity contribution in [3.05, 3.63) is 29.8 Å². The number of hydrogen-bond acceptors (Lipinski definition) is 4. The van der Waals surface area contributed by atoms with Crippen molar-refractivity contribution < 1.29 is 14.3 Å². The zero-order valence-corrected chi connectivity index (χ0v) is 12.6. The molecule has 1 saturated heterocycles. The van der Waals surface area contributed by atoms with Crippen LogP contribution in [0.15, 0.2) is 24.3 Å². The molecule has 1 aliphatic heterocycles. The summed E-state index contributed by atoms with van der Waals surface area (Å²) in [7, 11) is 3.45. The van der Waals surface area contributed by atoms with Crippen LogP contribution in [0.1, 0.15) is 29.6 Å². The number of esters is 1. The minimum atomic E-state index is -0.401. The van der Waals surface area contributed by atoms with Crippen LogP contribution >= 0.6 is 0 Å². The van der Waals surface area contributed by atoms with Gasteiger partial charge in [0.25, 0.3) is 0 Å². The molecule has 0 unspecified atom stereocenters. The maximum absolute atomic E-state index is 12.1. The number of hydrogen-bond donors (Lipinski definition) is 1. The first-order valence-electron chi connectivity index (χ1n) is 7.25. The molecule has 0 radical (unpaired) electrons. The third-order valence-electron chi connectivity index (χ3n) is 3.88. The molecule has 2 rings (SSSR count). The third-order valence-corrected chi connectivity index (χ3v) is 3.88. The minimum absolute atomic E-state index is 0.00608. The van der Waals surface area contributed by atoms with Crippen LogP contribution in [-0.4, -0.2) is 44.0 Å². The number of piperidine rings is 1. The summed E-state index contributed by atoms with van der Waals surface area (Å²) in [5, 5.41) is 2.86. The van der Waals surface area contributed by atoms with Crippen LogP contribution in [-0.2, 0) is 9.53 Å². The van der Waals surface area contributed by atoms with E-state index in [2.05, 4.69) is 22.0 Å². The van der Waals surface area contributed by atoms with Crippen molar-refractivity contribution >= 4 is 17.6 Å². The number of nitrogens with zero attached hydrogens (tertiary/aromatic N) is 1. The van der Waals surface area contributed by atoms with Gasteiger partial charge in [-0.25, -0.2) is 4.79 Å². The Balaban J connectivity index is 1.89. The van der Waals surface area contributed by atoms with Gasteiger partial charge < -0.3 is 15.0 Å². The molecule has 1 aromatic rings. The standard InChI is InChI=1S/C16H22N2O3/c1-18-8-6-12(7-9-18)10-15(19)17-14-5-3-4-13(11-14)16(20)21-2/h3-5,11-12H,6-10H2,1-2H3,(H,17,19). The van der Waals surface area contributed by atoms with E-state index in [1.165, 1.54) is 7.11 Å².